The number of rotatable bonds is 0. The van der Waals surface area contributed by atoms with Gasteiger partial charge in [-0.2, -0.15) is 0 Å². The summed E-state index contributed by atoms with van der Waals surface area (Å²) in [5.41, 5.74) is 13.7. The van der Waals surface area contributed by atoms with Gasteiger partial charge in [-0.15, -0.1) is 0 Å². The van der Waals surface area contributed by atoms with E-state index in [0.717, 1.165) is 16.6 Å². The molecule has 0 radical (unpaired) electrons. The Balaban J connectivity index is 1.51. The van der Waals surface area contributed by atoms with Crippen LogP contribution in [0, 0.1) is 0 Å². The molecule has 5 aromatic carbocycles. The molecular weight excluding hydrogens is 572 g/mol. The van der Waals surface area contributed by atoms with Crippen LogP contribution in [0.15, 0.2) is 83.3 Å². The van der Waals surface area contributed by atoms with Crippen LogP contribution >= 0.6 is 0 Å². The highest BCUT2D eigenvalue weighted by Crippen LogP contribution is 2.50. The minimum absolute atomic E-state index is 0.0207. The lowest BCUT2D eigenvalue weighted by molar-refractivity contribution is 0.590. The van der Waals surface area contributed by atoms with E-state index in [1.165, 1.54) is 87.5 Å². The monoisotopic (exact) mass is 612 g/mol. The topological polar surface area (TPSA) is 22.0 Å². The molecule has 0 saturated carbocycles. The summed E-state index contributed by atoms with van der Waals surface area (Å²) in [7, 11) is 0. The van der Waals surface area contributed by atoms with Crippen LogP contribution in [0.3, 0.4) is 0 Å². The molecule has 0 fully saturated rings. The molecular formula is C44H40N2O. The lowest BCUT2D eigenvalue weighted by atomic mass is 9.84. The Hall–Kier alpha value is -4.76. The molecule has 5 heterocycles. The van der Waals surface area contributed by atoms with Crippen molar-refractivity contribution in [3.63, 3.8) is 0 Å². The average Bonchev–Trinajstić information content (AvgIpc) is 3.78. The Morgan fingerprint density at radius 3 is 1.68 bits per heavy atom. The van der Waals surface area contributed by atoms with Crippen LogP contribution in [0.5, 0.6) is 0 Å². The fourth-order valence-corrected chi connectivity index (χ4v) is 8.43. The van der Waals surface area contributed by atoms with Crippen molar-refractivity contribution in [1.29, 1.82) is 0 Å². The minimum atomic E-state index is -0.0207. The second kappa shape index (κ2) is 8.20. The van der Waals surface area contributed by atoms with Crippen molar-refractivity contribution in [2.45, 2.75) is 78.6 Å². The summed E-state index contributed by atoms with van der Waals surface area (Å²) in [6.45, 7) is 20.9. The maximum absolute atomic E-state index is 6.65. The Morgan fingerprint density at radius 1 is 0.426 bits per heavy atom. The molecule has 0 unspecified atom stereocenters. The Morgan fingerprint density at radius 2 is 0.979 bits per heavy atom. The van der Waals surface area contributed by atoms with Gasteiger partial charge < -0.3 is 13.2 Å². The standard InChI is InChI=1S/C44H40N2O/c1-42(2,3)23-14-16-33-28(18-23)30-20-24(43(4,5)6)19-29-26-15-17-34-36(39(26)45(33)37(29)30)31-21-25(44(7,8)9)22-32-38(31)46(34)40-27-12-10-11-13-35(27)47-41(32)40/h10-22H,1-9H3. The van der Waals surface area contributed by atoms with Crippen LogP contribution < -0.4 is 0 Å². The van der Waals surface area contributed by atoms with E-state index >= 15 is 0 Å². The summed E-state index contributed by atoms with van der Waals surface area (Å²) < 4.78 is 11.7. The van der Waals surface area contributed by atoms with Crippen LogP contribution in [0.4, 0.5) is 0 Å². The summed E-state index contributed by atoms with van der Waals surface area (Å²) in [5.74, 6) is 0. The predicted molar refractivity (Wildman–Crippen MR) is 202 cm³/mol. The highest BCUT2D eigenvalue weighted by Gasteiger charge is 2.29. The summed E-state index contributed by atoms with van der Waals surface area (Å²) >= 11 is 0. The molecule has 0 bridgehead atoms. The predicted octanol–water partition coefficient (Wildman–Crippen LogP) is 12.6. The van der Waals surface area contributed by atoms with Crippen LogP contribution in [-0.4, -0.2) is 8.80 Å². The van der Waals surface area contributed by atoms with Gasteiger partial charge in [-0.3, -0.25) is 0 Å². The van der Waals surface area contributed by atoms with E-state index in [1.54, 1.807) is 0 Å². The smallest absolute Gasteiger partial charge is 0.161 e. The number of benzene rings is 5. The van der Waals surface area contributed by atoms with E-state index in [-0.39, 0.29) is 16.2 Å². The molecule has 0 aliphatic rings. The lowest BCUT2D eigenvalue weighted by Crippen LogP contribution is -2.11. The van der Waals surface area contributed by atoms with Crippen molar-refractivity contribution in [2.24, 2.45) is 0 Å². The van der Waals surface area contributed by atoms with Crippen molar-refractivity contribution in [1.82, 2.24) is 8.80 Å². The average molecular weight is 613 g/mol. The van der Waals surface area contributed by atoms with Crippen LogP contribution in [-0.2, 0) is 16.2 Å². The largest absolute Gasteiger partial charge is 0.454 e. The van der Waals surface area contributed by atoms with Crippen LogP contribution in [0.1, 0.15) is 79.0 Å². The zero-order valence-corrected chi connectivity index (χ0v) is 28.8. The molecule has 0 saturated heterocycles. The third-order valence-corrected chi connectivity index (χ3v) is 11.0. The van der Waals surface area contributed by atoms with Gasteiger partial charge in [0.2, 0.25) is 0 Å². The van der Waals surface area contributed by atoms with Gasteiger partial charge in [0, 0.05) is 43.1 Å². The highest BCUT2D eigenvalue weighted by atomic mass is 16.3. The molecule has 10 rings (SSSR count). The fourth-order valence-electron chi connectivity index (χ4n) is 8.43. The number of fused-ring (bicyclic) bond motifs is 15. The normalized spacial score (nSPS) is 14.1. The molecule has 232 valence electrons. The number of furan rings is 1. The first-order chi connectivity index (χ1) is 22.2. The maximum Gasteiger partial charge on any atom is 0.161 e. The van der Waals surface area contributed by atoms with Crippen molar-refractivity contribution in [2.75, 3.05) is 0 Å². The number of aromatic nitrogens is 2. The quantitative estimate of drug-likeness (QED) is 0.167. The SMILES string of the molecule is CC(C)(C)c1ccc2c(c1)c1cc(C(C)(C)C)cc3c4ccc5c(c6cc(C(C)(C)C)cc7c8oc9ccccc9c8n5c76)c4n2c13. The zero-order chi connectivity index (χ0) is 32.5. The van der Waals surface area contributed by atoms with E-state index in [4.69, 9.17) is 4.42 Å². The van der Waals surface area contributed by atoms with Crippen molar-refractivity contribution in [3.05, 3.63) is 95.6 Å². The van der Waals surface area contributed by atoms with Gasteiger partial charge in [0.15, 0.2) is 5.58 Å². The molecule has 3 heteroatoms. The van der Waals surface area contributed by atoms with Gasteiger partial charge in [-0.25, -0.2) is 0 Å². The molecule has 0 aliphatic carbocycles. The molecule has 47 heavy (non-hydrogen) atoms. The summed E-state index contributed by atoms with van der Waals surface area (Å²) in [6.07, 6.45) is 0. The van der Waals surface area contributed by atoms with Gasteiger partial charge in [-0.05, 0) is 87.5 Å². The lowest BCUT2D eigenvalue weighted by Gasteiger charge is -2.20. The first kappa shape index (κ1) is 27.4. The van der Waals surface area contributed by atoms with E-state index in [0.29, 0.717) is 0 Å². The molecule has 0 aliphatic heterocycles. The van der Waals surface area contributed by atoms with Gasteiger partial charge in [0.05, 0.1) is 27.6 Å². The van der Waals surface area contributed by atoms with Gasteiger partial charge in [0.25, 0.3) is 0 Å². The minimum Gasteiger partial charge on any atom is -0.454 e. The molecule has 0 amide bonds. The Bertz CT molecular complexity index is 2940. The van der Waals surface area contributed by atoms with Gasteiger partial charge >= 0.3 is 0 Å². The first-order valence-corrected chi connectivity index (χ1v) is 17.0. The molecule has 5 aromatic heterocycles. The Labute approximate surface area is 274 Å². The van der Waals surface area contributed by atoms with Crippen LogP contribution in [0.25, 0.3) is 87.4 Å². The number of para-hydroxylation sites is 1. The summed E-state index contributed by atoms with van der Waals surface area (Å²) in [4.78, 5) is 0. The molecule has 10 aromatic rings. The third-order valence-electron chi connectivity index (χ3n) is 11.0. The number of hydrogen-bond acceptors (Lipinski definition) is 1. The van der Waals surface area contributed by atoms with Crippen molar-refractivity contribution >= 4 is 87.4 Å². The second-order valence-electron chi connectivity index (χ2n) is 17.1. The molecule has 0 atom stereocenters. The molecule has 0 spiro atoms. The van der Waals surface area contributed by atoms with E-state index in [9.17, 15) is 0 Å². The zero-order valence-electron chi connectivity index (χ0n) is 28.8. The van der Waals surface area contributed by atoms with Gasteiger partial charge in [0.1, 0.15) is 11.1 Å². The van der Waals surface area contributed by atoms with Crippen LogP contribution in [0.2, 0.25) is 0 Å². The summed E-state index contributed by atoms with van der Waals surface area (Å²) in [6, 6.07) is 30.2. The van der Waals surface area contributed by atoms with Crippen molar-refractivity contribution in [3.8, 4) is 0 Å². The summed E-state index contributed by atoms with van der Waals surface area (Å²) in [5, 5.41) is 10.4. The molecule has 3 nitrogen and oxygen atoms in total. The van der Waals surface area contributed by atoms with Crippen molar-refractivity contribution < 1.29 is 4.42 Å². The second-order valence-corrected chi connectivity index (χ2v) is 17.1. The highest BCUT2D eigenvalue weighted by molar-refractivity contribution is 6.34. The Kier molecular flexibility index (Phi) is 4.77. The maximum atomic E-state index is 6.65. The number of nitrogens with zero attached hydrogens (tertiary/aromatic N) is 2. The van der Waals surface area contributed by atoms with E-state index in [2.05, 4.69) is 150 Å². The van der Waals surface area contributed by atoms with E-state index in [1.807, 2.05) is 0 Å². The number of hydrogen-bond donors (Lipinski definition) is 0. The molecule has 0 N–H and O–H groups in total. The first-order valence-electron chi connectivity index (χ1n) is 17.0. The fraction of sp³-hybridized carbons (Fsp3) is 0.273. The van der Waals surface area contributed by atoms with Gasteiger partial charge in [-0.1, -0.05) is 86.6 Å². The third kappa shape index (κ3) is 3.32. The van der Waals surface area contributed by atoms with E-state index < -0.39 is 0 Å².